The molecule has 0 aliphatic carbocycles. The van der Waals surface area contributed by atoms with Crippen molar-refractivity contribution in [1.29, 1.82) is 10.5 Å². The molecule has 0 bridgehead atoms. The van der Waals surface area contributed by atoms with Gasteiger partial charge in [0, 0.05) is 5.69 Å². The number of nitrogens with one attached hydrogen (secondary N) is 1. The Labute approximate surface area is 152 Å². The molecule has 0 amide bonds. The van der Waals surface area contributed by atoms with E-state index in [1.165, 1.54) is 12.1 Å². The number of nitrogens with two attached hydrogens (primary N) is 1. The van der Waals surface area contributed by atoms with E-state index in [4.69, 9.17) is 20.8 Å². The number of hydrogen-bond donors (Lipinski definition) is 3. The van der Waals surface area contributed by atoms with Crippen LogP contribution in [0.2, 0.25) is 0 Å². The monoisotopic (exact) mass is 304 g/mol. The van der Waals surface area contributed by atoms with Crippen LogP contribution in [-0.2, 0) is 10.1 Å². The van der Waals surface area contributed by atoms with Gasteiger partial charge >= 0.3 is 51.4 Å². The van der Waals surface area contributed by atoms with Gasteiger partial charge in [-0.3, -0.25) is 4.55 Å². The van der Waals surface area contributed by atoms with Crippen LogP contribution >= 0.6 is 0 Å². The molecule has 0 aliphatic rings. The zero-order valence-corrected chi connectivity index (χ0v) is 9.77. The van der Waals surface area contributed by atoms with Crippen LogP contribution in [0.25, 0.3) is 0 Å². The molecule has 0 heterocycles. The van der Waals surface area contributed by atoms with Crippen molar-refractivity contribution in [2.45, 2.75) is 4.90 Å². The fraction of sp³-hybridized carbons (Fsp3) is 0. The summed E-state index contributed by atoms with van der Waals surface area (Å²) >= 11 is 0. The molecule has 7 nitrogen and oxygen atoms in total. The summed E-state index contributed by atoms with van der Waals surface area (Å²) in [5, 5.41) is 19.7. The van der Waals surface area contributed by atoms with E-state index >= 15 is 0 Å². The van der Waals surface area contributed by atoms with E-state index < -0.39 is 10.1 Å². The van der Waals surface area contributed by atoms with Crippen molar-refractivity contribution in [1.82, 2.24) is 0 Å². The van der Waals surface area contributed by atoms with E-state index in [2.05, 4.69) is 5.32 Å². The van der Waals surface area contributed by atoms with Crippen molar-refractivity contribution >= 4 is 67.2 Å². The van der Waals surface area contributed by atoms with E-state index in [0.717, 1.165) is 12.1 Å². The van der Waals surface area contributed by atoms with Gasteiger partial charge in [0.1, 0.15) is 18.0 Å². The van der Waals surface area contributed by atoms with Crippen LogP contribution in [0, 0.1) is 22.7 Å². The van der Waals surface area contributed by atoms with Crippen molar-refractivity contribution in [2.24, 2.45) is 5.73 Å². The predicted octanol–water partition coefficient (Wildman–Crippen LogP) is -0.0858. The maximum atomic E-state index is 10.8. The third kappa shape index (κ3) is 5.30. The summed E-state index contributed by atoms with van der Waals surface area (Å²) in [5.41, 5.74) is 5.54. The van der Waals surface area contributed by atoms with Gasteiger partial charge in [-0.1, -0.05) is 0 Å². The number of benzene rings is 1. The molecule has 0 saturated carbocycles. The zero-order chi connectivity index (χ0) is 13.8. The van der Waals surface area contributed by atoms with Crippen LogP contribution in [0.3, 0.4) is 0 Å². The molecule has 0 saturated heterocycles. The van der Waals surface area contributed by atoms with Gasteiger partial charge in [0.05, 0.1) is 4.90 Å². The topological polar surface area (TPSA) is 140 Å². The quantitative estimate of drug-likeness (QED) is 0.403. The molecule has 0 spiro atoms. The van der Waals surface area contributed by atoms with Crippen LogP contribution in [0.4, 0.5) is 5.69 Å². The summed E-state index contributed by atoms with van der Waals surface area (Å²) in [7, 11) is -4.25. The van der Waals surface area contributed by atoms with E-state index in [1.54, 1.807) is 12.1 Å². The zero-order valence-electron chi connectivity index (χ0n) is 8.95. The van der Waals surface area contributed by atoms with Crippen molar-refractivity contribution in [3.63, 3.8) is 0 Å². The number of nitriles is 2. The van der Waals surface area contributed by atoms with Crippen molar-refractivity contribution in [3.8, 4) is 12.1 Å². The van der Waals surface area contributed by atoms with Crippen LogP contribution < -0.4 is 11.1 Å². The molecule has 94 valence electrons. The van der Waals surface area contributed by atoms with E-state index in [-0.39, 0.29) is 67.7 Å². The maximum absolute atomic E-state index is 10.8. The summed E-state index contributed by atoms with van der Waals surface area (Å²) in [5.74, 6) is -0.139. The summed E-state index contributed by atoms with van der Waals surface area (Å²) in [4.78, 5) is -0.267. The first kappa shape index (κ1) is 18.1. The van der Waals surface area contributed by atoms with Crippen LogP contribution in [0.5, 0.6) is 0 Å². The van der Waals surface area contributed by atoms with Crippen molar-refractivity contribution < 1.29 is 13.0 Å². The standard InChI is InChI=1S/C10H8N4O3S.K.H/c11-5-7(6-12)10(13)14-8-1-3-9(4-2-8)18(15,16)17;;/h1-4,14H,13H2,(H,15,16,17);;. The normalized spacial score (nSPS) is 9.42. The first-order valence-corrected chi connectivity index (χ1v) is 5.97. The van der Waals surface area contributed by atoms with Crippen LogP contribution in [0.15, 0.2) is 40.6 Å². The molecule has 0 fully saturated rings. The fourth-order valence-electron chi connectivity index (χ4n) is 1.07. The molecule has 19 heavy (non-hydrogen) atoms. The molecule has 0 aromatic heterocycles. The molecular formula is C10H9KN4O3S. The second kappa shape index (κ2) is 7.62. The van der Waals surface area contributed by atoms with Gasteiger partial charge in [0.2, 0.25) is 0 Å². The van der Waals surface area contributed by atoms with E-state index in [1.807, 2.05) is 0 Å². The molecule has 1 aromatic rings. The first-order chi connectivity index (χ1) is 8.38. The van der Waals surface area contributed by atoms with Crippen molar-refractivity contribution in [3.05, 3.63) is 35.7 Å². The Bertz CT molecular complexity index is 652. The van der Waals surface area contributed by atoms with E-state index in [0.29, 0.717) is 5.69 Å². The van der Waals surface area contributed by atoms with Crippen LogP contribution in [0.1, 0.15) is 0 Å². The Balaban J connectivity index is 0.00000324. The molecule has 1 aromatic carbocycles. The fourth-order valence-corrected chi connectivity index (χ4v) is 1.55. The summed E-state index contributed by atoms with van der Waals surface area (Å²) in [6.45, 7) is 0. The van der Waals surface area contributed by atoms with Gasteiger partial charge < -0.3 is 11.1 Å². The number of rotatable bonds is 3. The molecule has 4 N–H and O–H groups in total. The van der Waals surface area contributed by atoms with Gasteiger partial charge in [0.15, 0.2) is 5.57 Å². The van der Waals surface area contributed by atoms with Crippen LogP contribution in [-0.4, -0.2) is 64.4 Å². The Morgan fingerprint density at radius 1 is 1.21 bits per heavy atom. The predicted molar refractivity (Wildman–Crippen MR) is 69.5 cm³/mol. The van der Waals surface area contributed by atoms with Gasteiger partial charge in [-0.05, 0) is 24.3 Å². The second-order valence-corrected chi connectivity index (χ2v) is 4.56. The molecular weight excluding hydrogens is 295 g/mol. The average molecular weight is 304 g/mol. The Morgan fingerprint density at radius 3 is 2.05 bits per heavy atom. The molecule has 9 heteroatoms. The molecule has 0 unspecified atom stereocenters. The van der Waals surface area contributed by atoms with Gasteiger partial charge in [-0.15, -0.1) is 0 Å². The SMILES string of the molecule is N#CC(C#N)=C(N)Nc1ccc(S(=O)(=O)O)cc1.[KH]. The summed E-state index contributed by atoms with van der Waals surface area (Å²) < 4.78 is 30.3. The molecule has 0 aliphatic heterocycles. The third-order valence-electron chi connectivity index (χ3n) is 1.92. The Morgan fingerprint density at radius 2 is 1.68 bits per heavy atom. The minimum atomic E-state index is -4.25. The molecule has 0 atom stereocenters. The van der Waals surface area contributed by atoms with Gasteiger partial charge in [0.25, 0.3) is 10.1 Å². The van der Waals surface area contributed by atoms with Crippen molar-refractivity contribution in [2.75, 3.05) is 5.32 Å². The second-order valence-electron chi connectivity index (χ2n) is 3.14. The number of anilines is 1. The first-order valence-electron chi connectivity index (χ1n) is 4.53. The van der Waals surface area contributed by atoms with Gasteiger partial charge in [-0.25, -0.2) is 0 Å². The third-order valence-corrected chi connectivity index (χ3v) is 2.79. The summed E-state index contributed by atoms with van der Waals surface area (Å²) in [6, 6.07) is 8.19. The summed E-state index contributed by atoms with van der Waals surface area (Å²) in [6.07, 6.45) is 0. The molecule has 0 radical (unpaired) electrons. The average Bonchev–Trinajstić information content (AvgIpc) is 2.30. The number of hydrogen-bond acceptors (Lipinski definition) is 6. The Hall–Kier alpha value is -0.914. The number of nitrogens with zero attached hydrogens (tertiary/aromatic N) is 2. The molecule has 1 rings (SSSR count). The van der Waals surface area contributed by atoms with Gasteiger partial charge in [-0.2, -0.15) is 18.9 Å². The minimum absolute atomic E-state index is 0. The van der Waals surface area contributed by atoms with E-state index in [9.17, 15) is 8.42 Å². The Kier molecular flexibility index (Phi) is 7.25. The number of allylic oxidation sites excluding steroid dienone is 1.